The van der Waals surface area contributed by atoms with Gasteiger partial charge < -0.3 is 25.2 Å². The van der Waals surface area contributed by atoms with Crippen LogP contribution in [0.5, 0.6) is 0 Å². The van der Waals surface area contributed by atoms with Gasteiger partial charge >= 0.3 is 6.09 Å². The highest BCUT2D eigenvalue weighted by Crippen LogP contribution is 2.69. The molecule has 1 unspecified atom stereocenters. The van der Waals surface area contributed by atoms with Crippen molar-refractivity contribution in [1.82, 2.24) is 15.5 Å². The van der Waals surface area contributed by atoms with Crippen LogP contribution in [0.2, 0.25) is 0 Å². The van der Waals surface area contributed by atoms with E-state index in [2.05, 4.69) is 23.8 Å². The van der Waals surface area contributed by atoms with Crippen LogP contribution in [0.15, 0.2) is 25.3 Å². The van der Waals surface area contributed by atoms with E-state index in [1.54, 1.807) is 12.2 Å². The molecule has 0 bridgehead atoms. The first-order valence-corrected chi connectivity index (χ1v) is 14.9. The zero-order chi connectivity index (χ0) is 26.7. The Morgan fingerprint density at radius 1 is 1.19 bits per heavy atom. The topological polar surface area (TPSA) is 125 Å². The maximum Gasteiger partial charge on any atom is 0.408 e. The molecule has 3 fully saturated rings. The summed E-state index contributed by atoms with van der Waals surface area (Å²) in [5.74, 6) is -1.10. The summed E-state index contributed by atoms with van der Waals surface area (Å²) in [5.41, 5.74) is -0.619. The lowest BCUT2D eigenvalue weighted by Crippen LogP contribution is -2.58. The second-order valence-corrected chi connectivity index (χ2v) is 14.1. The lowest BCUT2D eigenvalue weighted by Gasteiger charge is -2.36. The van der Waals surface area contributed by atoms with E-state index >= 15 is 0 Å². The van der Waals surface area contributed by atoms with Gasteiger partial charge in [0, 0.05) is 18.6 Å². The third-order valence-corrected chi connectivity index (χ3v) is 10.4. The minimum atomic E-state index is -3.74. The van der Waals surface area contributed by atoms with Crippen LogP contribution < -0.4 is 10.6 Å². The Bertz CT molecular complexity index is 925. The smallest absolute Gasteiger partial charge is 0.408 e. The predicted molar refractivity (Wildman–Crippen MR) is 139 cm³/mol. The molecule has 3 aliphatic rings. The minimum Gasteiger partial charge on any atom is -0.446 e. The van der Waals surface area contributed by atoms with Crippen LogP contribution in [-0.4, -0.2) is 63.9 Å². The molecule has 1 saturated heterocycles. The molecule has 5 atom stereocenters. The summed E-state index contributed by atoms with van der Waals surface area (Å²) >= 11 is 0. The van der Waals surface area contributed by atoms with Crippen LogP contribution in [0.3, 0.4) is 0 Å². The highest BCUT2D eigenvalue weighted by molar-refractivity contribution is 7.60. The highest BCUT2D eigenvalue weighted by atomic mass is 31.2. The molecule has 0 spiro atoms. The monoisotopic (exact) mass is 523 g/mol. The largest absolute Gasteiger partial charge is 0.446 e. The second-order valence-electron chi connectivity index (χ2n) is 11.4. The summed E-state index contributed by atoms with van der Waals surface area (Å²) in [6.07, 6.45) is 7.91. The number of carbonyl (C=O) groups excluding carboxylic acids is 3. The number of ether oxygens (including phenoxy) is 1. The van der Waals surface area contributed by atoms with E-state index in [-0.39, 0.29) is 24.1 Å². The van der Waals surface area contributed by atoms with Crippen molar-refractivity contribution < 1.29 is 28.6 Å². The SMILES string of the molecule is C=CCCP(=O)(O)[C@@]1(NC(=O)[C@@H]2CCCN2C(=O)[C@@H](NC(=O)OC2CCCC2)C(C)(C)C)C[C@H]1C=C. The molecule has 202 valence electrons. The van der Waals surface area contributed by atoms with Crippen molar-refractivity contribution in [2.24, 2.45) is 11.3 Å². The average Bonchev–Trinajstić information content (AvgIpc) is 3.15. The molecular weight excluding hydrogens is 481 g/mol. The van der Waals surface area contributed by atoms with E-state index in [0.717, 1.165) is 25.7 Å². The molecule has 1 heterocycles. The molecule has 3 N–H and O–H groups in total. The Hall–Kier alpha value is -2.12. The van der Waals surface area contributed by atoms with Gasteiger partial charge in [-0.2, -0.15) is 0 Å². The number of likely N-dealkylation sites (tertiary alicyclic amines) is 1. The normalized spacial score (nSPS) is 28.6. The van der Waals surface area contributed by atoms with Gasteiger partial charge in [-0.1, -0.05) is 32.9 Å². The molecule has 9 nitrogen and oxygen atoms in total. The van der Waals surface area contributed by atoms with Gasteiger partial charge in [0.1, 0.15) is 23.5 Å². The number of allylic oxidation sites excluding steroid dienone is 1. The van der Waals surface area contributed by atoms with Crippen molar-refractivity contribution >= 4 is 25.3 Å². The van der Waals surface area contributed by atoms with E-state index < -0.39 is 42.1 Å². The van der Waals surface area contributed by atoms with E-state index in [0.29, 0.717) is 32.2 Å². The maximum atomic E-state index is 13.7. The Balaban J connectivity index is 1.73. The van der Waals surface area contributed by atoms with E-state index in [9.17, 15) is 23.8 Å². The molecule has 2 saturated carbocycles. The molecule has 10 heteroatoms. The Kier molecular flexibility index (Phi) is 8.77. The number of alkyl carbamates (subject to hydrolysis) is 1. The zero-order valence-corrected chi connectivity index (χ0v) is 22.7. The number of nitrogens with zero attached hydrogens (tertiary/aromatic N) is 1. The molecule has 0 aromatic rings. The predicted octanol–water partition coefficient (Wildman–Crippen LogP) is 3.93. The molecular formula is C26H42N3O6P. The van der Waals surface area contributed by atoms with Gasteiger partial charge in [0.05, 0.1) is 0 Å². The number of carbonyl (C=O) groups is 3. The van der Waals surface area contributed by atoms with Crippen molar-refractivity contribution in [1.29, 1.82) is 0 Å². The summed E-state index contributed by atoms with van der Waals surface area (Å²) in [6, 6.07) is -1.66. The summed E-state index contributed by atoms with van der Waals surface area (Å²) in [4.78, 5) is 52.0. The van der Waals surface area contributed by atoms with Crippen molar-refractivity contribution in [3.05, 3.63) is 25.3 Å². The summed E-state index contributed by atoms with van der Waals surface area (Å²) < 4.78 is 18.7. The van der Waals surface area contributed by atoms with Gasteiger partial charge in [0.25, 0.3) is 0 Å². The van der Waals surface area contributed by atoms with Gasteiger partial charge in [-0.05, 0) is 56.8 Å². The average molecular weight is 524 g/mol. The molecule has 3 rings (SSSR count). The fraction of sp³-hybridized carbons (Fsp3) is 0.731. The fourth-order valence-electron chi connectivity index (χ4n) is 5.38. The first-order valence-electron chi connectivity index (χ1n) is 13.0. The Morgan fingerprint density at radius 2 is 1.86 bits per heavy atom. The molecule has 36 heavy (non-hydrogen) atoms. The van der Waals surface area contributed by atoms with Crippen molar-refractivity contribution in [3.8, 4) is 0 Å². The van der Waals surface area contributed by atoms with E-state index in [1.807, 2.05) is 20.8 Å². The summed E-state index contributed by atoms with van der Waals surface area (Å²) in [7, 11) is -3.74. The number of hydrogen-bond acceptors (Lipinski definition) is 5. The van der Waals surface area contributed by atoms with Crippen molar-refractivity contribution in [3.63, 3.8) is 0 Å². The number of hydrogen-bond donors (Lipinski definition) is 3. The lowest BCUT2D eigenvalue weighted by atomic mass is 9.85. The molecule has 0 aromatic carbocycles. The first-order chi connectivity index (χ1) is 16.9. The third kappa shape index (κ3) is 6.05. The van der Waals surface area contributed by atoms with Crippen LogP contribution in [0.25, 0.3) is 0 Å². The Morgan fingerprint density at radius 3 is 2.42 bits per heavy atom. The third-order valence-electron chi connectivity index (χ3n) is 7.66. The molecule has 0 aromatic heterocycles. The van der Waals surface area contributed by atoms with Crippen LogP contribution in [0.1, 0.15) is 72.1 Å². The fourth-order valence-corrected chi connectivity index (χ4v) is 7.70. The maximum absolute atomic E-state index is 13.7. The van der Waals surface area contributed by atoms with Crippen LogP contribution in [0, 0.1) is 11.3 Å². The summed E-state index contributed by atoms with van der Waals surface area (Å²) in [5, 5.41) is 4.35. The zero-order valence-electron chi connectivity index (χ0n) is 21.8. The number of amides is 3. The standard InChI is InChI=1S/C26H42N3O6P/c1-6-8-16-36(33,34)26(17-18(26)7-2)28-22(30)20-14-11-15-29(20)23(31)21(25(3,4)5)27-24(32)35-19-12-9-10-13-19/h6-7,18-21H,1-2,8-17H2,3-5H3,(H,27,32)(H,28,30)(H,33,34)/t18-,20+,21-,26+/m1/s1. The van der Waals surface area contributed by atoms with Gasteiger partial charge in [-0.25, -0.2) is 4.79 Å². The van der Waals surface area contributed by atoms with Crippen molar-refractivity contribution in [2.45, 2.75) is 95.6 Å². The van der Waals surface area contributed by atoms with Gasteiger partial charge in [-0.15, -0.1) is 13.2 Å². The van der Waals surface area contributed by atoms with E-state index in [4.69, 9.17) is 4.74 Å². The first kappa shape index (κ1) is 28.5. The molecule has 1 aliphatic heterocycles. The molecule has 0 radical (unpaired) electrons. The van der Waals surface area contributed by atoms with Crippen LogP contribution in [-0.2, 0) is 18.9 Å². The summed E-state index contributed by atoms with van der Waals surface area (Å²) in [6.45, 7) is 13.3. The van der Waals surface area contributed by atoms with Crippen LogP contribution >= 0.6 is 7.37 Å². The van der Waals surface area contributed by atoms with Gasteiger partial charge in [-0.3, -0.25) is 14.2 Å². The number of rotatable bonds is 10. The highest BCUT2D eigenvalue weighted by Gasteiger charge is 2.65. The quantitative estimate of drug-likeness (QED) is 0.294. The second kappa shape index (κ2) is 11.1. The van der Waals surface area contributed by atoms with Crippen molar-refractivity contribution in [2.75, 3.05) is 12.7 Å². The number of nitrogens with one attached hydrogen (secondary N) is 2. The van der Waals surface area contributed by atoms with Gasteiger partial charge in [0.15, 0.2) is 0 Å². The minimum absolute atomic E-state index is 0.0214. The van der Waals surface area contributed by atoms with Gasteiger partial charge in [0.2, 0.25) is 19.2 Å². The molecule has 3 amide bonds. The lowest BCUT2D eigenvalue weighted by molar-refractivity contribution is -0.142. The molecule has 2 aliphatic carbocycles. The van der Waals surface area contributed by atoms with Crippen LogP contribution in [0.4, 0.5) is 4.79 Å². The van der Waals surface area contributed by atoms with E-state index in [1.165, 1.54) is 4.90 Å². The Labute approximate surface area is 214 Å².